The van der Waals surface area contributed by atoms with Crippen molar-refractivity contribution < 1.29 is 14.3 Å². The fraction of sp³-hybridized carbons (Fsp3) is 0.100. The molecule has 0 aliphatic heterocycles. The highest BCUT2D eigenvalue weighted by molar-refractivity contribution is 7.20. The molecule has 2 rings (SSSR count). The predicted octanol–water partition coefficient (Wildman–Crippen LogP) is 3.25. The van der Waals surface area contributed by atoms with Gasteiger partial charge in [0.2, 0.25) is 0 Å². The number of rotatable bonds is 1. The Balaban J connectivity index is 2.56. The predicted molar refractivity (Wildman–Crippen MR) is 53.1 cm³/mol. The van der Waals surface area contributed by atoms with Crippen molar-refractivity contribution in [2.75, 3.05) is 0 Å². The van der Waals surface area contributed by atoms with Gasteiger partial charge in [-0.1, -0.05) is 17.7 Å². The highest BCUT2D eigenvalue weighted by Crippen LogP contribution is 2.26. The van der Waals surface area contributed by atoms with Crippen LogP contribution < -0.4 is 0 Å². The molecule has 0 unspecified atom stereocenters. The zero-order valence-electron chi connectivity index (χ0n) is 7.41. The molecule has 14 heavy (non-hydrogen) atoms. The third kappa shape index (κ3) is 1.48. The van der Waals surface area contributed by atoms with Crippen LogP contribution in [0.1, 0.15) is 15.2 Å². The molecule has 1 heterocycles. The van der Waals surface area contributed by atoms with Gasteiger partial charge >= 0.3 is 5.97 Å². The average Bonchev–Trinajstić information content (AvgIpc) is 2.59. The molecule has 4 heteroatoms. The van der Waals surface area contributed by atoms with Gasteiger partial charge in [-0.3, -0.25) is 0 Å². The minimum Gasteiger partial charge on any atom is -0.248 e. The molecular weight excluding hydrogens is 203 g/mol. The van der Waals surface area contributed by atoms with Crippen LogP contribution in [0.15, 0.2) is 24.3 Å². The smallest absolute Gasteiger partial charge is 0.248 e. The Labute approximate surface area is 83.8 Å². The number of aryl methyl sites for hydroxylation is 1. The van der Waals surface area contributed by atoms with E-state index in [2.05, 4.69) is 4.94 Å². The summed E-state index contributed by atoms with van der Waals surface area (Å²) in [6.07, 6.45) is 0. The Morgan fingerprint density at radius 3 is 2.93 bits per heavy atom. The van der Waals surface area contributed by atoms with Crippen molar-refractivity contribution in [3.05, 3.63) is 34.7 Å². The Morgan fingerprint density at radius 2 is 2.21 bits per heavy atom. The molecule has 0 atom stereocenters. The van der Waals surface area contributed by atoms with Gasteiger partial charge in [0.25, 0.3) is 0 Å². The van der Waals surface area contributed by atoms with E-state index in [4.69, 9.17) is 0 Å². The van der Waals surface area contributed by atoms with Crippen LogP contribution in [-0.2, 0) is 4.94 Å². The van der Waals surface area contributed by atoms with Crippen LogP contribution in [0, 0.1) is 6.92 Å². The molecule has 0 radical (unpaired) electrons. The van der Waals surface area contributed by atoms with Gasteiger partial charge in [-0.15, -0.1) is 11.3 Å². The van der Waals surface area contributed by atoms with Crippen molar-refractivity contribution in [3.8, 4) is 0 Å². The molecule has 1 aromatic carbocycles. The van der Waals surface area contributed by atoms with Gasteiger partial charge in [0, 0.05) is 9.23 Å². The molecule has 0 saturated carbocycles. The fourth-order valence-corrected chi connectivity index (χ4v) is 2.21. The second-order valence-corrected chi connectivity index (χ2v) is 4.10. The Kier molecular flexibility index (Phi) is 2.21. The summed E-state index contributed by atoms with van der Waals surface area (Å²) in [5.74, 6) is -0.927. The van der Waals surface area contributed by atoms with Gasteiger partial charge in [-0.25, -0.2) is 9.74 Å². The molecule has 0 amide bonds. The highest BCUT2D eigenvalue weighted by atomic mass is 32.1. The number of halogens is 1. The Hall–Kier alpha value is -1.42. The molecule has 1 aromatic heterocycles. The van der Waals surface area contributed by atoms with E-state index in [0.717, 1.165) is 15.6 Å². The second-order valence-electron chi connectivity index (χ2n) is 3.02. The van der Waals surface area contributed by atoms with E-state index in [0.29, 0.717) is 0 Å². The van der Waals surface area contributed by atoms with Crippen molar-refractivity contribution in [1.82, 2.24) is 0 Å². The van der Waals surface area contributed by atoms with Crippen molar-refractivity contribution in [1.29, 1.82) is 0 Å². The molecule has 0 fully saturated rings. The van der Waals surface area contributed by atoms with E-state index in [1.807, 2.05) is 25.1 Å². The fourth-order valence-electron chi connectivity index (χ4n) is 1.30. The summed E-state index contributed by atoms with van der Waals surface area (Å²) in [6, 6.07) is 7.43. The van der Waals surface area contributed by atoms with Gasteiger partial charge in [-0.05, 0) is 24.4 Å². The molecule has 0 saturated heterocycles. The van der Waals surface area contributed by atoms with Crippen LogP contribution in [0.2, 0.25) is 0 Å². The molecule has 0 aliphatic rings. The monoisotopic (exact) mass is 210 g/mol. The van der Waals surface area contributed by atoms with Crippen LogP contribution in [0.5, 0.6) is 0 Å². The van der Waals surface area contributed by atoms with Gasteiger partial charge in [-0.2, -0.15) is 0 Å². The zero-order chi connectivity index (χ0) is 10.1. The van der Waals surface area contributed by atoms with Crippen LogP contribution >= 0.6 is 11.3 Å². The maximum absolute atomic E-state index is 11.6. The van der Waals surface area contributed by atoms with Crippen molar-refractivity contribution in [3.63, 3.8) is 0 Å². The van der Waals surface area contributed by atoms with Gasteiger partial charge in [0.05, 0.1) is 0 Å². The average molecular weight is 210 g/mol. The number of carbonyl (C=O) groups excluding carboxylic acids is 1. The minimum absolute atomic E-state index is 0.285. The maximum Gasteiger partial charge on any atom is 0.389 e. The van der Waals surface area contributed by atoms with Gasteiger partial charge in [0.1, 0.15) is 4.88 Å². The first-order valence-electron chi connectivity index (χ1n) is 4.04. The SMILES string of the molecule is Cc1ccc2sc(C(=O)OF)cc2c1. The van der Waals surface area contributed by atoms with E-state index in [9.17, 15) is 9.32 Å². The van der Waals surface area contributed by atoms with Crippen molar-refractivity contribution in [2.24, 2.45) is 0 Å². The van der Waals surface area contributed by atoms with Crippen molar-refractivity contribution in [2.45, 2.75) is 6.92 Å². The standard InChI is InChI=1S/C10H7FO2S/c1-6-2-3-8-7(4-6)5-9(14-8)10(12)13-11/h2-5H,1H3. The van der Waals surface area contributed by atoms with Crippen LogP contribution in [-0.4, -0.2) is 5.97 Å². The summed E-state index contributed by atoms with van der Waals surface area (Å²) in [7, 11) is 0. The largest absolute Gasteiger partial charge is 0.389 e. The van der Waals surface area contributed by atoms with E-state index >= 15 is 0 Å². The lowest BCUT2D eigenvalue weighted by atomic mass is 10.2. The van der Waals surface area contributed by atoms with E-state index in [-0.39, 0.29) is 4.88 Å². The number of fused-ring (bicyclic) bond motifs is 1. The summed E-state index contributed by atoms with van der Waals surface area (Å²) in [5.41, 5.74) is 1.11. The number of hydrogen-bond donors (Lipinski definition) is 0. The lowest BCUT2D eigenvalue weighted by molar-refractivity contribution is -0.0783. The molecule has 0 bridgehead atoms. The quantitative estimate of drug-likeness (QED) is 0.722. The summed E-state index contributed by atoms with van der Waals surface area (Å²) in [5, 5.41) is 0.940. The van der Waals surface area contributed by atoms with Crippen molar-refractivity contribution >= 4 is 27.4 Å². The molecule has 72 valence electrons. The Morgan fingerprint density at radius 1 is 1.43 bits per heavy atom. The molecule has 0 aliphatic carbocycles. The number of carbonyl (C=O) groups is 1. The number of hydrogen-bond acceptors (Lipinski definition) is 3. The third-order valence-corrected chi connectivity index (χ3v) is 3.04. The first kappa shape index (κ1) is 9.15. The molecule has 2 nitrogen and oxygen atoms in total. The highest BCUT2D eigenvalue weighted by Gasteiger charge is 2.11. The normalized spacial score (nSPS) is 10.4. The third-order valence-electron chi connectivity index (χ3n) is 1.94. The molecule has 2 aromatic rings. The Bertz CT molecular complexity index is 490. The lowest BCUT2D eigenvalue weighted by Crippen LogP contribution is -1.93. The lowest BCUT2D eigenvalue weighted by Gasteiger charge is -1.89. The van der Waals surface area contributed by atoms with E-state index in [1.54, 1.807) is 6.07 Å². The minimum atomic E-state index is -0.927. The van der Waals surface area contributed by atoms with E-state index < -0.39 is 5.97 Å². The van der Waals surface area contributed by atoms with Crippen LogP contribution in [0.25, 0.3) is 10.1 Å². The zero-order valence-corrected chi connectivity index (χ0v) is 8.23. The number of thiophene rings is 1. The summed E-state index contributed by atoms with van der Waals surface area (Å²) in [4.78, 5) is 14.3. The molecule has 0 spiro atoms. The first-order chi connectivity index (χ1) is 6.70. The maximum atomic E-state index is 11.6. The first-order valence-corrected chi connectivity index (χ1v) is 4.85. The van der Waals surface area contributed by atoms with Gasteiger partial charge in [0.15, 0.2) is 0 Å². The van der Waals surface area contributed by atoms with Crippen LogP contribution in [0.4, 0.5) is 4.53 Å². The molecular formula is C10H7FO2S. The summed E-state index contributed by atoms with van der Waals surface area (Å²) >= 11 is 1.22. The summed E-state index contributed by atoms with van der Waals surface area (Å²) in [6.45, 7) is 1.96. The van der Waals surface area contributed by atoms with E-state index in [1.165, 1.54) is 11.3 Å². The second kappa shape index (κ2) is 3.38. The van der Waals surface area contributed by atoms with Gasteiger partial charge < -0.3 is 0 Å². The topological polar surface area (TPSA) is 26.3 Å². The van der Waals surface area contributed by atoms with Crippen LogP contribution in [0.3, 0.4) is 0 Å². The number of benzene rings is 1. The molecule has 0 N–H and O–H groups in total. The summed E-state index contributed by atoms with van der Waals surface area (Å²) < 4.78 is 12.6.